The van der Waals surface area contributed by atoms with E-state index in [1.165, 1.54) is 31.7 Å². The number of aryl methyl sites for hydroxylation is 1. The Kier molecular flexibility index (Phi) is 6.26. The van der Waals surface area contributed by atoms with E-state index >= 15 is 0 Å². The molecule has 0 unspecified atom stereocenters. The van der Waals surface area contributed by atoms with E-state index in [4.69, 9.17) is 5.11 Å². The summed E-state index contributed by atoms with van der Waals surface area (Å²) >= 11 is 0. The molecule has 0 aliphatic heterocycles. The fourth-order valence-corrected chi connectivity index (χ4v) is 2.05. The highest BCUT2D eigenvalue weighted by molar-refractivity contribution is 5.88. The van der Waals surface area contributed by atoms with Crippen molar-refractivity contribution in [3.63, 3.8) is 0 Å². The van der Waals surface area contributed by atoms with Gasteiger partial charge in [0.2, 0.25) is 0 Å². The van der Waals surface area contributed by atoms with Crippen molar-refractivity contribution in [1.29, 1.82) is 0 Å². The zero-order chi connectivity index (χ0) is 13.4. The van der Waals surface area contributed by atoms with Crippen LogP contribution in [0.2, 0.25) is 0 Å². The Balaban J connectivity index is 2.40. The smallest absolute Gasteiger partial charge is 0.335 e. The Labute approximate surface area is 108 Å². The highest BCUT2D eigenvalue weighted by atomic mass is 16.4. The van der Waals surface area contributed by atoms with E-state index in [-0.39, 0.29) is 11.3 Å². The molecule has 1 rings (SSSR count). The monoisotopic (exact) mass is 250 g/mol. The molecule has 0 fully saturated rings. The summed E-state index contributed by atoms with van der Waals surface area (Å²) in [5.74, 6) is -0.953. The third-order valence-corrected chi connectivity index (χ3v) is 3.04. The average molecular weight is 250 g/mol. The van der Waals surface area contributed by atoms with Crippen molar-refractivity contribution in [1.82, 2.24) is 0 Å². The lowest BCUT2D eigenvalue weighted by molar-refractivity contribution is 0.0696. The maximum Gasteiger partial charge on any atom is 0.335 e. The second-order valence-electron chi connectivity index (χ2n) is 4.71. The first-order chi connectivity index (χ1) is 8.63. The lowest BCUT2D eigenvalue weighted by atomic mass is 10.0. The van der Waals surface area contributed by atoms with Crippen LogP contribution in [0.4, 0.5) is 0 Å². The van der Waals surface area contributed by atoms with E-state index in [1.807, 2.05) is 0 Å². The zero-order valence-electron chi connectivity index (χ0n) is 11.0. The van der Waals surface area contributed by atoms with Gasteiger partial charge >= 0.3 is 5.97 Å². The Morgan fingerprint density at radius 3 is 2.39 bits per heavy atom. The van der Waals surface area contributed by atoms with Gasteiger partial charge in [-0.2, -0.15) is 0 Å². The first-order valence-electron chi connectivity index (χ1n) is 6.69. The van der Waals surface area contributed by atoms with E-state index in [9.17, 15) is 9.90 Å². The minimum atomic E-state index is -0.991. The Morgan fingerprint density at radius 2 is 1.72 bits per heavy atom. The SMILES string of the molecule is CCCCCCCCc1cc(O)cc(C(=O)O)c1. The number of phenols is 1. The predicted molar refractivity (Wildman–Crippen MR) is 72.1 cm³/mol. The molecule has 0 aliphatic rings. The van der Waals surface area contributed by atoms with Crippen LogP contribution in [0.3, 0.4) is 0 Å². The molecule has 1 aromatic carbocycles. The summed E-state index contributed by atoms with van der Waals surface area (Å²) in [5.41, 5.74) is 1.07. The summed E-state index contributed by atoms with van der Waals surface area (Å²) in [4.78, 5) is 10.8. The number of unbranched alkanes of at least 4 members (excludes halogenated alkanes) is 5. The van der Waals surface area contributed by atoms with Gasteiger partial charge in [-0.3, -0.25) is 0 Å². The number of carboxylic acids is 1. The molecule has 0 heterocycles. The van der Waals surface area contributed by atoms with E-state index in [2.05, 4.69) is 6.92 Å². The topological polar surface area (TPSA) is 57.5 Å². The molecule has 0 aromatic heterocycles. The molecule has 0 saturated carbocycles. The molecule has 3 nitrogen and oxygen atoms in total. The van der Waals surface area contributed by atoms with Crippen LogP contribution in [0.25, 0.3) is 0 Å². The van der Waals surface area contributed by atoms with Crippen molar-refractivity contribution in [2.75, 3.05) is 0 Å². The van der Waals surface area contributed by atoms with Gasteiger partial charge < -0.3 is 10.2 Å². The van der Waals surface area contributed by atoms with Gasteiger partial charge in [-0.25, -0.2) is 4.79 Å². The first kappa shape index (κ1) is 14.6. The van der Waals surface area contributed by atoms with E-state index in [0.29, 0.717) is 0 Å². The van der Waals surface area contributed by atoms with Crippen molar-refractivity contribution in [3.05, 3.63) is 29.3 Å². The van der Waals surface area contributed by atoms with E-state index in [0.717, 1.165) is 24.8 Å². The van der Waals surface area contributed by atoms with Crippen molar-refractivity contribution in [2.45, 2.75) is 51.9 Å². The number of carboxylic acid groups (broad SMARTS) is 1. The molecule has 2 N–H and O–H groups in total. The molecule has 0 saturated heterocycles. The number of aromatic carboxylic acids is 1. The molecular formula is C15H22O3. The summed E-state index contributed by atoms with van der Waals surface area (Å²) in [6.07, 6.45) is 8.09. The molecule has 0 atom stereocenters. The predicted octanol–water partition coefficient (Wildman–Crippen LogP) is 3.99. The van der Waals surface area contributed by atoms with Gasteiger partial charge in [0.1, 0.15) is 5.75 Å². The van der Waals surface area contributed by atoms with Crippen LogP contribution in [0.1, 0.15) is 61.4 Å². The molecular weight excluding hydrogens is 228 g/mol. The number of benzene rings is 1. The maximum atomic E-state index is 10.8. The summed E-state index contributed by atoms with van der Waals surface area (Å²) in [6.45, 7) is 2.19. The van der Waals surface area contributed by atoms with Gasteiger partial charge in [-0.05, 0) is 36.6 Å². The van der Waals surface area contributed by atoms with Crippen molar-refractivity contribution in [3.8, 4) is 5.75 Å². The number of hydrogen-bond donors (Lipinski definition) is 2. The van der Waals surface area contributed by atoms with Gasteiger partial charge in [0.15, 0.2) is 0 Å². The number of hydrogen-bond acceptors (Lipinski definition) is 2. The van der Waals surface area contributed by atoms with Gasteiger partial charge in [0, 0.05) is 0 Å². The molecule has 0 aliphatic carbocycles. The van der Waals surface area contributed by atoms with Gasteiger partial charge in [-0.15, -0.1) is 0 Å². The number of rotatable bonds is 8. The van der Waals surface area contributed by atoms with Crippen LogP contribution in [0.5, 0.6) is 5.75 Å². The van der Waals surface area contributed by atoms with Gasteiger partial charge in [0.25, 0.3) is 0 Å². The average Bonchev–Trinajstić information content (AvgIpc) is 2.33. The molecule has 0 spiro atoms. The largest absolute Gasteiger partial charge is 0.508 e. The quantitative estimate of drug-likeness (QED) is 0.686. The summed E-state index contributed by atoms with van der Waals surface area (Å²) < 4.78 is 0. The number of aromatic hydroxyl groups is 1. The second-order valence-corrected chi connectivity index (χ2v) is 4.71. The summed E-state index contributed by atoms with van der Waals surface area (Å²) in [6, 6.07) is 4.58. The van der Waals surface area contributed by atoms with Crippen LogP contribution in [-0.4, -0.2) is 16.2 Å². The number of carbonyl (C=O) groups is 1. The van der Waals surface area contributed by atoms with Crippen molar-refractivity contribution >= 4 is 5.97 Å². The zero-order valence-corrected chi connectivity index (χ0v) is 11.0. The fourth-order valence-electron chi connectivity index (χ4n) is 2.05. The van der Waals surface area contributed by atoms with Crippen LogP contribution < -0.4 is 0 Å². The van der Waals surface area contributed by atoms with Crippen LogP contribution >= 0.6 is 0 Å². The minimum Gasteiger partial charge on any atom is -0.508 e. The Hall–Kier alpha value is -1.51. The van der Waals surface area contributed by atoms with E-state index in [1.54, 1.807) is 12.1 Å². The van der Waals surface area contributed by atoms with Crippen LogP contribution in [0, 0.1) is 0 Å². The maximum absolute atomic E-state index is 10.8. The molecule has 0 bridgehead atoms. The fraction of sp³-hybridized carbons (Fsp3) is 0.533. The molecule has 0 amide bonds. The first-order valence-corrected chi connectivity index (χ1v) is 6.69. The van der Waals surface area contributed by atoms with Crippen molar-refractivity contribution in [2.24, 2.45) is 0 Å². The number of phenolic OH excluding ortho intramolecular Hbond substituents is 1. The summed E-state index contributed by atoms with van der Waals surface area (Å²) in [7, 11) is 0. The van der Waals surface area contributed by atoms with Crippen LogP contribution in [0.15, 0.2) is 18.2 Å². The molecule has 18 heavy (non-hydrogen) atoms. The highest BCUT2D eigenvalue weighted by Crippen LogP contribution is 2.18. The van der Waals surface area contributed by atoms with Gasteiger partial charge in [0.05, 0.1) is 5.56 Å². The lowest BCUT2D eigenvalue weighted by Crippen LogP contribution is -1.97. The Bertz CT molecular complexity index is 385. The minimum absolute atomic E-state index is 0.0379. The van der Waals surface area contributed by atoms with E-state index < -0.39 is 5.97 Å². The third kappa shape index (κ3) is 5.21. The molecule has 1 aromatic rings. The van der Waals surface area contributed by atoms with Crippen LogP contribution in [-0.2, 0) is 6.42 Å². The summed E-state index contributed by atoms with van der Waals surface area (Å²) in [5, 5.41) is 18.3. The van der Waals surface area contributed by atoms with Crippen molar-refractivity contribution < 1.29 is 15.0 Å². The van der Waals surface area contributed by atoms with Gasteiger partial charge in [-0.1, -0.05) is 39.0 Å². The second kappa shape index (κ2) is 7.75. The standard InChI is InChI=1S/C15H22O3/c1-2-3-4-5-6-7-8-12-9-13(15(17)18)11-14(16)10-12/h9-11,16H,2-8H2,1H3,(H,17,18). The third-order valence-electron chi connectivity index (χ3n) is 3.04. The molecule has 3 heteroatoms. The molecule has 0 radical (unpaired) electrons. The Morgan fingerprint density at radius 1 is 1.06 bits per heavy atom. The molecule has 100 valence electrons. The highest BCUT2D eigenvalue weighted by Gasteiger charge is 2.06. The lowest BCUT2D eigenvalue weighted by Gasteiger charge is -2.04. The normalized spacial score (nSPS) is 10.5.